The monoisotopic (exact) mass is 349 g/mol. The number of carbonyl (C=O) groups excluding carboxylic acids is 1. The smallest absolute Gasteiger partial charge is 0.317 e. The first kappa shape index (κ1) is 18.0. The molecule has 3 rings (SSSR count). The highest BCUT2D eigenvalue weighted by Crippen LogP contribution is 2.32. The van der Waals surface area contributed by atoms with Crippen LogP contribution in [-0.4, -0.2) is 56.2 Å². The second kappa shape index (κ2) is 8.04. The molecule has 25 heavy (non-hydrogen) atoms. The van der Waals surface area contributed by atoms with Gasteiger partial charge in [0.25, 0.3) is 0 Å². The van der Waals surface area contributed by atoms with E-state index in [0.29, 0.717) is 17.6 Å². The summed E-state index contributed by atoms with van der Waals surface area (Å²) in [5, 5.41) is 2.71. The van der Waals surface area contributed by atoms with Gasteiger partial charge in [-0.2, -0.15) is 0 Å². The van der Waals surface area contributed by atoms with Crippen molar-refractivity contribution >= 4 is 6.03 Å². The highest BCUT2D eigenvalue weighted by atomic mass is 19.1. The van der Waals surface area contributed by atoms with E-state index in [1.807, 2.05) is 11.0 Å². The molecule has 1 N–H and O–H groups in total. The number of likely N-dealkylation sites (tertiary alicyclic amines) is 2. The molecule has 2 saturated heterocycles. The molecular weight excluding hydrogens is 321 g/mol. The van der Waals surface area contributed by atoms with Crippen LogP contribution in [0.5, 0.6) is 5.75 Å². The summed E-state index contributed by atoms with van der Waals surface area (Å²) < 4.78 is 18.6. The van der Waals surface area contributed by atoms with E-state index in [1.54, 1.807) is 13.1 Å². The molecule has 1 aromatic rings. The number of hydrogen-bond donors (Lipinski definition) is 1. The molecule has 0 aromatic heterocycles. The van der Waals surface area contributed by atoms with E-state index in [2.05, 4.69) is 10.2 Å². The van der Waals surface area contributed by atoms with E-state index in [9.17, 15) is 9.18 Å². The topological polar surface area (TPSA) is 44.8 Å². The fraction of sp³-hybridized carbons (Fsp3) is 0.632. The normalized spacial score (nSPS) is 22.2. The van der Waals surface area contributed by atoms with Crippen LogP contribution in [0, 0.1) is 17.7 Å². The lowest BCUT2D eigenvalue weighted by Gasteiger charge is -2.34. The van der Waals surface area contributed by atoms with Gasteiger partial charge >= 0.3 is 6.03 Å². The minimum Gasteiger partial charge on any atom is -0.494 e. The van der Waals surface area contributed by atoms with Gasteiger partial charge in [-0.1, -0.05) is 6.07 Å². The van der Waals surface area contributed by atoms with Crippen molar-refractivity contribution in [3.05, 3.63) is 29.6 Å². The Morgan fingerprint density at radius 1 is 1.24 bits per heavy atom. The number of ether oxygens (including phenoxy) is 1. The molecule has 2 aliphatic heterocycles. The number of hydrogen-bond acceptors (Lipinski definition) is 3. The number of nitrogens with one attached hydrogen (secondary N) is 1. The number of piperidine rings is 1. The maximum atomic E-state index is 13.5. The van der Waals surface area contributed by atoms with Gasteiger partial charge in [-0.05, 0) is 55.3 Å². The second-order valence-corrected chi connectivity index (χ2v) is 7.13. The van der Waals surface area contributed by atoms with Gasteiger partial charge in [-0.15, -0.1) is 0 Å². The lowest BCUT2D eigenvalue weighted by molar-refractivity contribution is 0.150. The van der Waals surface area contributed by atoms with Gasteiger partial charge in [-0.25, -0.2) is 9.18 Å². The largest absolute Gasteiger partial charge is 0.494 e. The van der Waals surface area contributed by atoms with E-state index in [4.69, 9.17) is 4.74 Å². The number of rotatable bonds is 4. The third-order valence-electron chi connectivity index (χ3n) is 5.64. The van der Waals surface area contributed by atoms with Gasteiger partial charge in [-0.3, -0.25) is 4.90 Å². The Balaban J connectivity index is 1.50. The summed E-state index contributed by atoms with van der Waals surface area (Å²) in [7, 11) is 3.19. The Kier molecular flexibility index (Phi) is 5.78. The molecule has 2 fully saturated rings. The lowest BCUT2D eigenvalue weighted by atomic mass is 9.84. The minimum atomic E-state index is -0.312. The predicted octanol–water partition coefficient (Wildman–Crippen LogP) is 2.71. The van der Waals surface area contributed by atoms with E-state index < -0.39 is 0 Å². The first-order valence-electron chi connectivity index (χ1n) is 9.12. The predicted molar refractivity (Wildman–Crippen MR) is 95.1 cm³/mol. The van der Waals surface area contributed by atoms with Crippen molar-refractivity contribution in [3.63, 3.8) is 0 Å². The molecule has 0 bridgehead atoms. The molecule has 2 amide bonds. The molecule has 6 heteroatoms. The Hall–Kier alpha value is -1.82. The Morgan fingerprint density at radius 2 is 1.96 bits per heavy atom. The highest BCUT2D eigenvalue weighted by molar-refractivity contribution is 5.73. The standard InChI is InChI=1S/C19H28FN3O2/c1-21-19(24)23-9-6-15(7-10-23)16-5-8-22(13-16)12-14-3-4-17(20)18(11-14)25-2/h3-4,11,15-16H,5-10,12-13H2,1-2H3,(H,21,24). The van der Waals surface area contributed by atoms with Crippen LogP contribution in [0.1, 0.15) is 24.8 Å². The van der Waals surface area contributed by atoms with Crippen LogP contribution in [0.25, 0.3) is 0 Å². The van der Waals surface area contributed by atoms with Crippen molar-refractivity contribution < 1.29 is 13.9 Å². The average Bonchev–Trinajstić information content (AvgIpc) is 3.11. The van der Waals surface area contributed by atoms with Crippen LogP contribution in [0.2, 0.25) is 0 Å². The van der Waals surface area contributed by atoms with Crippen LogP contribution in [-0.2, 0) is 6.54 Å². The van der Waals surface area contributed by atoms with Crippen molar-refractivity contribution in [2.24, 2.45) is 11.8 Å². The molecule has 138 valence electrons. The average molecular weight is 349 g/mol. The minimum absolute atomic E-state index is 0.0387. The van der Waals surface area contributed by atoms with Gasteiger partial charge in [0, 0.05) is 33.2 Å². The molecule has 0 saturated carbocycles. The summed E-state index contributed by atoms with van der Waals surface area (Å²) in [5.41, 5.74) is 1.09. The first-order valence-corrected chi connectivity index (χ1v) is 9.12. The highest BCUT2D eigenvalue weighted by Gasteiger charge is 2.32. The number of methoxy groups -OCH3 is 1. The molecule has 5 nitrogen and oxygen atoms in total. The van der Waals surface area contributed by atoms with Gasteiger partial charge in [0.2, 0.25) is 0 Å². The Labute approximate surface area is 149 Å². The number of carbonyl (C=O) groups is 1. The van der Waals surface area contributed by atoms with Crippen molar-refractivity contribution in [2.75, 3.05) is 40.3 Å². The quantitative estimate of drug-likeness (QED) is 0.909. The summed E-state index contributed by atoms with van der Waals surface area (Å²) in [6.07, 6.45) is 3.40. The molecule has 1 unspecified atom stereocenters. The number of benzene rings is 1. The summed E-state index contributed by atoms with van der Waals surface area (Å²) in [4.78, 5) is 16.1. The van der Waals surface area contributed by atoms with Crippen LogP contribution in [0.15, 0.2) is 18.2 Å². The van der Waals surface area contributed by atoms with E-state index >= 15 is 0 Å². The Morgan fingerprint density at radius 3 is 2.64 bits per heavy atom. The van der Waals surface area contributed by atoms with Crippen molar-refractivity contribution in [3.8, 4) is 5.75 Å². The Bertz CT molecular complexity index is 602. The number of nitrogens with zero attached hydrogens (tertiary/aromatic N) is 2. The summed E-state index contributed by atoms with van der Waals surface area (Å²) in [6.45, 7) is 4.72. The van der Waals surface area contributed by atoms with Crippen molar-refractivity contribution in [1.29, 1.82) is 0 Å². The zero-order valence-corrected chi connectivity index (χ0v) is 15.1. The zero-order valence-electron chi connectivity index (χ0n) is 15.1. The third-order valence-corrected chi connectivity index (χ3v) is 5.64. The van der Waals surface area contributed by atoms with Gasteiger partial charge in [0.15, 0.2) is 11.6 Å². The third kappa shape index (κ3) is 4.24. The van der Waals surface area contributed by atoms with Crippen LogP contribution < -0.4 is 10.1 Å². The molecule has 1 atom stereocenters. The van der Waals surface area contributed by atoms with Gasteiger partial charge in [0.05, 0.1) is 7.11 Å². The first-order chi connectivity index (χ1) is 12.1. The fourth-order valence-corrected chi connectivity index (χ4v) is 4.18. The maximum absolute atomic E-state index is 13.5. The van der Waals surface area contributed by atoms with Crippen LogP contribution >= 0.6 is 0 Å². The van der Waals surface area contributed by atoms with Crippen molar-refractivity contribution in [2.45, 2.75) is 25.8 Å². The molecular formula is C19H28FN3O2. The molecule has 2 aliphatic rings. The van der Waals surface area contributed by atoms with Gasteiger partial charge < -0.3 is 15.0 Å². The molecule has 0 spiro atoms. The zero-order chi connectivity index (χ0) is 17.8. The number of amides is 2. The molecule has 1 aromatic carbocycles. The fourth-order valence-electron chi connectivity index (χ4n) is 4.18. The maximum Gasteiger partial charge on any atom is 0.317 e. The number of urea groups is 1. The summed E-state index contributed by atoms with van der Waals surface area (Å²) >= 11 is 0. The number of halogens is 1. The lowest BCUT2D eigenvalue weighted by Crippen LogP contribution is -2.44. The van der Waals surface area contributed by atoms with Crippen LogP contribution in [0.3, 0.4) is 0 Å². The van der Waals surface area contributed by atoms with E-state index in [0.717, 1.165) is 51.1 Å². The second-order valence-electron chi connectivity index (χ2n) is 7.13. The SMILES string of the molecule is CNC(=O)N1CCC(C2CCN(Cc3ccc(F)c(OC)c3)C2)CC1. The van der Waals surface area contributed by atoms with E-state index in [1.165, 1.54) is 19.6 Å². The summed E-state index contributed by atoms with van der Waals surface area (Å²) in [5.74, 6) is 1.41. The molecule has 2 heterocycles. The molecule has 0 radical (unpaired) electrons. The summed E-state index contributed by atoms with van der Waals surface area (Å²) in [6, 6.07) is 5.16. The van der Waals surface area contributed by atoms with Gasteiger partial charge in [0.1, 0.15) is 0 Å². The van der Waals surface area contributed by atoms with Crippen molar-refractivity contribution in [1.82, 2.24) is 15.1 Å². The molecule has 0 aliphatic carbocycles. The van der Waals surface area contributed by atoms with Crippen LogP contribution in [0.4, 0.5) is 9.18 Å². The van der Waals surface area contributed by atoms with E-state index in [-0.39, 0.29) is 11.8 Å².